The number of hydrogen-bond donors (Lipinski definition) is 2. The van der Waals surface area contributed by atoms with Gasteiger partial charge in [-0.2, -0.15) is 0 Å². The van der Waals surface area contributed by atoms with Crippen molar-refractivity contribution in [3.63, 3.8) is 0 Å². The molecule has 0 atom stereocenters. The maximum atomic E-state index is 12.1. The number of hydrogen-bond acceptors (Lipinski definition) is 4. The van der Waals surface area contributed by atoms with E-state index in [9.17, 15) is 4.79 Å². The van der Waals surface area contributed by atoms with E-state index >= 15 is 0 Å². The third kappa shape index (κ3) is 5.33. The van der Waals surface area contributed by atoms with Gasteiger partial charge in [-0.3, -0.25) is 4.79 Å². The van der Waals surface area contributed by atoms with E-state index in [1.54, 1.807) is 12.4 Å². The molecule has 0 bridgehead atoms. The van der Waals surface area contributed by atoms with Crippen LogP contribution in [-0.4, -0.2) is 28.5 Å². The van der Waals surface area contributed by atoms with Crippen LogP contribution in [0.15, 0.2) is 12.4 Å². The van der Waals surface area contributed by atoms with Gasteiger partial charge in [-0.15, -0.1) is 0 Å². The summed E-state index contributed by atoms with van der Waals surface area (Å²) in [6.45, 7) is 3.08. The van der Waals surface area contributed by atoms with Gasteiger partial charge in [-0.25, -0.2) is 9.97 Å². The standard InChI is InChI=1S/C16H26N4O/c1-2-3-7-10-17-15-12-18-14(11-19-15)16(21)20-13-8-5-4-6-9-13/h11-13H,2-10H2,1H3,(H,17,19)(H,20,21). The number of anilines is 1. The van der Waals surface area contributed by atoms with Crippen molar-refractivity contribution in [2.75, 3.05) is 11.9 Å². The minimum atomic E-state index is -0.105. The van der Waals surface area contributed by atoms with Crippen molar-refractivity contribution in [1.29, 1.82) is 0 Å². The van der Waals surface area contributed by atoms with Gasteiger partial charge in [0.2, 0.25) is 0 Å². The lowest BCUT2D eigenvalue weighted by Gasteiger charge is -2.22. The molecule has 0 unspecified atom stereocenters. The molecule has 1 aliphatic rings. The molecule has 0 aliphatic heterocycles. The van der Waals surface area contributed by atoms with Gasteiger partial charge in [0, 0.05) is 12.6 Å². The first-order chi connectivity index (χ1) is 10.3. The summed E-state index contributed by atoms with van der Waals surface area (Å²) in [5, 5.41) is 6.27. The molecular formula is C16H26N4O. The topological polar surface area (TPSA) is 66.9 Å². The molecule has 1 fully saturated rings. The van der Waals surface area contributed by atoms with Crippen molar-refractivity contribution in [3.8, 4) is 0 Å². The lowest BCUT2D eigenvalue weighted by molar-refractivity contribution is 0.0922. The maximum Gasteiger partial charge on any atom is 0.271 e. The minimum Gasteiger partial charge on any atom is -0.369 e. The predicted octanol–water partition coefficient (Wildman–Crippen LogP) is 3.14. The van der Waals surface area contributed by atoms with Gasteiger partial charge >= 0.3 is 0 Å². The van der Waals surface area contributed by atoms with E-state index in [0.717, 1.165) is 31.6 Å². The second-order valence-electron chi connectivity index (χ2n) is 5.73. The van der Waals surface area contributed by atoms with Crippen LogP contribution in [0, 0.1) is 0 Å². The molecular weight excluding hydrogens is 264 g/mol. The van der Waals surface area contributed by atoms with Crippen molar-refractivity contribution in [1.82, 2.24) is 15.3 Å². The molecule has 1 saturated carbocycles. The van der Waals surface area contributed by atoms with E-state index < -0.39 is 0 Å². The van der Waals surface area contributed by atoms with E-state index in [-0.39, 0.29) is 5.91 Å². The Morgan fingerprint density at radius 3 is 2.67 bits per heavy atom. The van der Waals surface area contributed by atoms with Crippen LogP contribution in [0.4, 0.5) is 5.82 Å². The Morgan fingerprint density at radius 1 is 1.19 bits per heavy atom. The fourth-order valence-electron chi connectivity index (χ4n) is 2.63. The number of carbonyl (C=O) groups excluding carboxylic acids is 1. The van der Waals surface area contributed by atoms with E-state index in [0.29, 0.717) is 11.7 Å². The largest absolute Gasteiger partial charge is 0.369 e. The molecule has 5 heteroatoms. The zero-order valence-electron chi connectivity index (χ0n) is 12.9. The predicted molar refractivity (Wildman–Crippen MR) is 84.4 cm³/mol. The molecule has 0 aromatic carbocycles. The Morgan fingerprint density at radius 2 is 2.00 bits per heavy atom. The highest BCUT2D eigenvalue weighted by molar-refractivity contribution is 5.92. The molecule has 0 saturated heterocycles. The van der Waals surface area contributed by atoms with Gasteiger partial charge in [0.15, 0.2) is 0 Å². The SMILES string of the molecule is CCCCCNc1cnc(C(=O)NC2CCCCC2)cn1. The molecule has 2 rings (SSSR count). The number of amides is 1. The van der Waals surface area contributed by atoms with Crippen LogP contribution in [0.2, 0.25) is 0 Å². The number of nitrogens with zero attached hydrogens (tertiary/aromatic N) is 2. The first-order valence-electron chi connectivity index (χ1n) is 8.16. The summed E-state index contributed by atoms with van der Waals surface area (Å²) in [4.78, 5) is 20.6. The van der Waals surface area contributed by atoms with E-state index in [4.69, 9.17) is 0 Å². The second kappa shape index (κ2) is 8.60. The smallest absolute Gasteiger partial charge is 0.271 e. The third-order valence-electron chi connectivity index (χ3n) is 3.91. The highest BCUT2D eigenvalue weighted by Gasteiger charge is 2.17. The minimum absolute atomic E-state index is 0.105. The monoisotopic (exact) mass is 290 g/mol. The van der Waals surface area contributed by atoms with Crippen molar-refractivity contribution in [2.45, 2.75) is 64.3 Å². The van der Waals surface area contributed by atoms with Gasteiger partial charge in [0.25, 0.3) is 5.91 Å². The summed E-state index contributed by atoms with van der Waals surface area (Å²) in [5.74, 6) is 0.632. The number of carbonyl (C=O) groups is 1. The molecule has 1 amide bonds. The summed E-state index contributed by atoms with van der Waals surface area (Å²) in [6, 6.07) is 0.305. The van der Waals surface area contributed by atoms with Crippen molar-refractivity contribution in [3.05, 3.63) is 18.1 Å². The summed E-state index contributed by atoms with van der Waals surface area (Å²) in [5.41, 5.74) is 0.402. The van der Waals surface area contributed by atoms with Gasteiger partial charge in [0.1, 0.15) is 11.5 Å². The van der Waals surface area contributed by atoms with Crippen LogP contribution in [0.25, 0.3) is 0 Å². The Hall–Kier alpha value is -1.65. The Labute approximate surface area is 127 Å². The number of nitrogens with one attached hydrogen (secondary N) is 2. The first kappa shape index (κ1) is 15.7. The van der Waals surface area contributed by atoms with E-state index in [2.05, 4.69) is 27.5 Å². The molecule has 0 radical (unpaired) electrons. The average Bonchev–Trinajstić information content (AvgIpc) is 2.53. The number of unbranched alkanes of at least 4 members (excludes halogenated alkanes) is 2. The fraction of sp³-hybridized carbons (Fsp3) is 0.688. The van der Waals surface area contributed by atoms with Gasteiger partial charge in [-0.05, 0) is 19.3 Å². The van der Waals surface area contributed by atoms with Crippen molar-refractivity contribution < 1.29 is 4.79 Å². The zero-order valence-corrected chi connectivity index (χ0v) is 12.9. The van der Waals surface area contributed by atoms with Crippen molar-refractivity contribution >= 4 is 11.7 Å². The lowest BCUT2D eigenvalue weighted by Crippen LogP contribution is -2.36. The quantitative estimate of drug-likeness (QED) is 0.757. The van der Waals surface area contributed by atoms with Crippen LogP contribution >= 0.6 is 0 Å². The molecule has 1 aromatic heterocycles. The summed E-state index contributed by atoms with van der Waals surface area (Å²) in [7, 11) is 0. The zero-order chi connectivity index (χ0) is 14.9. The first-order valence-corrected chi connectivity index (χ1v) is 8.16. The summed E-state index contributed by atoms with van der Waals surface area (Å²) >= 11 is 0. The van der Waals surface area contributed by atoms with Crippen LogP contribution in [-0.2, 0) is 0 Å². The normalized spacial score (nSPS) is 15.7. The lowest BCUT2D eigenvalue weighted by atomic mass is 9.95. The van der Waals surface area contributed by atoms with Crippen molar-refractivity contribution in [2.24, 2.45) is 0 Å². The van der Waals surface area contributed by atoms with E-state index in [1.165, 1.54) is 32.1 Å². The molecule has 1 aliphatic carbocycles. The Balaban J connectivity index is 1.78. The van der Waals surface area contributed by atoms with Crippen LogP contribution < -0.4 is 10.6 Å². The third-order valence-corrected chi connectivity index (χ3v) is 3.91. The van der Waals surface area contributed by atoms with Crippen LogP contribution in [0.3, 0.4) is 0 Å². The molecule has 1 aromatic rings. The molecule has 116 valence electrons. The number of aromatic nitrogens is 2. The Bertz CT molecular complexity index is 426. The molecule has 0 spiro atoms. The highest BCUT2D eigenvalue weighted by atomic mass is 16.1. The summed E-state index contributed by atoms with van der Waals surface area (Å²) < 4.78 is 0. The van der Waals surface area contributed by atoms with Gasteiger partial charge < -0.3 is 10.6 Å². The number of rotatable bonds is 7. The molecule has 1 heterocycles. The maximum absolute atomic E-state index is 12.1. The summed E-state index contributed by atoms with van der Waals surface area (Å²) in [6.07, 6.45) is 12.6. The molecule has 21 heavy (non-hydrogen) atoms. The molecule has 5 nitrogen and oxygen atoms in total. The second-order valence-corrected chi connectivity index (χ2v) is 5.73. The fourth-order valence-corrected chi connectivity index (χ4v) is 2.63. The molecule has 2 N–H and O–H groups in total. The highest BCUT2D eigenvalue weighted by Crippen LogP contribution is 2.17. The van der Waals surface area contributed by atoms with Gasteiger partial charge in [0.05, 0.1) is 12.4 Å². The Kier molecular flexibility index (Phi) is 6.44. The van der Waals surface area contributed by atoms with Crippen LogP contribution in [0.1, 0.15) is 68.8 Å². The van der Waals surface area contributed by atoms with E-state index in [1.807, 2.05) is 0 Å². The van der Waals surface area contributed by atoms with Gasteiger partial charge in [-0.1, -0.05) is 39.0 Å². The average molecular weight is 290 g/mol. The van der Waals surface area contributed by atoms with Crippen LogP contribution in [0.5, 0.6) is 0 Å².